The molecular weight excluding hydrogens is 196 g/mol. The number of hydrogen-bond donors (Lipinski definition) is 2. The predicted molar refractivity (Wildman–Crippen MR) is 53.8 cm³/mol. The van der Waals surface area contributed by atoms with E-state index in [9.17, 15) is 4.79 Å². The summed E-state index contributed by atoms with van der Waals surface area (Å²) in [6, 6.07) is 4.99. The summed E-state index contributed by atoms with van der Waals surface area (Å²) in [5.74, 6) is -0.968. The fraction of sp³-hybridized carbons (Fsp3) is 0.200. The number of fused-ring (bicyclic) bond motifs is 1. The fourth-order valence-electron chi connectivity index (χ4n) is 1.56. The van der Waals surface area contributed by atoms with Crippen LogP contribution in [0.1, 0.15) is 10.4 Å². The minimum absolute atomic E-state index is 0.0198. The van der Waals surface area contributed by atoms with E-state index in [2.05, 4.69) is 5.10 Å². The highest BCUT2D eigenvalue weighted by Crippen LogP contribution is 2.18. The molecule has 0 radical (unpaired) electrons. The molecule has 0 aliphatic rings. The number of benzene rings is 1. The number of aliphatic hydroxyl groups is 1. The zero-order valence-corrected chi connectivity index (χ0v) is 7.92. The molecular formula is C10H10N2O3. The molecule has 2 N–H and O–H groups in total. The maximum absolute atomic E-state index is 10.9. The summed E-state index contributed by atoms with van der Waals surface area (Å²) in [5, 5.41) is 22.4. The number of carbonyl (C=O) groups is 1. The first-order chi connectivity index (χ1) is 7.24. The molecule has 78 valence electrons. The summed E-state index contributed by atoms with van der Waals surface area (Å²) in [5.41, 5.74) is 0.959. The van der Waals surface area contributed by atoms with Crippen LogP contribution in [0, 0.1) is 0 Å². The number of aliphatic hydroxyl groups excluding tert-OH is 1. The lowest BCUT2D eigenvalue weighted by Gasteiger charge is -2.00. The van der Waals surface area contributed by atoms with E-state index < -0.39 is 5.97 Å². The van der Waals surface area contributed by atoms with Gasteiger partial charge in [-0.25, -0.2) is 4.79 Å². The third-order valence-corrected chi connectivity index (χ3v) is 2.23. The average Bonchev–Trinajstić information content (AvgIpc) is 2.62. The van der Waals surface area contributed by atoms with Crippen LogP contribution in [0.2, 0.25) is 0 Å². The molecule has 0 saturated heterocycles. The van der Waals surface area contributed by atoms with Crippen molar-refractivity contribution >= 4 is 16.9 Å². The first kappa shape index (κ1) is 9.67. The van der Waals surface area contributed by atoms with Crippen LogP contribution in [0.4, 0.5) is 0 Å². The van der Waals surface area contributed by atoms with Crippen molar-refractivity contribution in [1.29, 1.82) is 0 Å². The molecule has 0 bridgehead atoms. The molecule has 0 unspecified atom stereocenters. The number of aromatic carboxylic acids is 1. The van der Waals surface area contributed by atoms with Crippen molar-refractivity contribution in [1.82, 2.24) is 9.78 Å². The van der Waals surface area contributed by atoms with E-state index in [0.29, 0.717) is 11.9 Å². The van der Waals surface area contributed by atoms with Gasteiger partial charge in [-0.1, -0.05) is 6.07 Å². The van der Waals surface area contributed by atoms with Gasteiger partial charge in [-0.05, 0) is 12.1 Å². The van der Waals surface area contributed by atoms with Gasteiger partial charge in [0.1, 0.15) is 0 Å². The maximum atomic E-state index is 10.9. The lowest BCUT2D eigenvalue weighted by molar-refractivity contribution is 0.0699. The van der Waals surface area contributed by atoms with Gasteiger partial charge in [-0.15, -0.1) is 0 Å². The Bertz CT molecular complexity index is 504. The Morgan fingerprint density at radius 2 is 2.27 bits per heavy atom. The molecule has 0 aliphatic carbocycles. The van der Waals surface area contributed by atoms with Crippen LogP contribution >= 0.6 is 0 Å². The molecule has 15 heavy (non-hydrogen) atoms. The van der Waals surface area contributed by atoms with Crippen molar-refractivity contribution in [3.8, 4) is 0 Å². The smallest absolute Gasteiger partial charge is 0.336 e. The molecule has 0 saturated carbocycles. The third-order valence-electron chi connectivity index (χ3n) is 2.23. The van der Waals surface area contributed by atoms with Gasteiger partial charge in [0.25, 0.3) is 0 Å². The molecule has 1 heterocycles. The lowest BCUT2D eigenvalue weighted by Crippen LogP contribution is -2.03. The van der Waals surface area contributed by atoms with Gasteiger partial charge < -0.3 is 10.2 Å². The SMILES string of the molecule is O=C(O)c1cccc2c1cnn2CCO. The van der Waals surface area contributed by atoms with E-state index >= 15 is 0 Å². The summed E-state index contributed by atoms with van der Waals surface area (Å²) in [7, 11) is 0. The van der Waals surface area contributed by atoms with Crippen molar-refractivity contribution < 1.29 is 15.0 Å². The lowest BCUT2D eigenvalue weighted by atomic mass is 10.1. The van der Waals surface area contributed by atoms with Gasteiger partial charge in [0.2, 0.25) is 0 Å². The fourth-order valence-corrected chi connectivity index (χ4v) is 1.56. The molecule has 0 spiro atoms. The Kier molecular flexibility index (Phi) is 2.39. The van der Waals surface area contributed by atoms with Crippen molar-refractivity contribution in [3.05, 3.63) is 30.0 Å². The van der Waals surface area contributed by atoms with E-state index in [1.54, 1.807) is 16.8 Å². The highest BCUT2D eigenvalue weighted by Gasteiger charge is 2.11. The number of hydrogen-bond acceptors (Lipinski definition) is 3. The van der Waals surface area contributed by atoms with Gasteiger partial charge in [0, 0.05) is 5.39 Å². The zero-order valence-electron chi connectivity index (χ0n) is 7.92. The Hall–Kier alpha value is -1.88. The number of carboxylic acid groups (broad SMARTS) is 1. The largest absolute Gasteiger partial charge is 0.478 e. The van der Waals surface area contributed by atoms with Crippen molar-refractivity contribution in [2.24, 2.45) is 0 Å². The van der Waals surface area contributed by atoms with E-state index in [-0.39, 0.29) is 12.2 Å². The van der Waals surface area contributed by atoms with Crippen LogP contribution in [0.25, 0.3) is 10.9 Å². The highest BCUT2D eigenvalue weighted by molar-refractivity contribution is 6.02. The van der Waals surface area contributed by atoms with Crippen molar-refractivity contribution in [2.75, 3.05) is 6.61 Å². The molecule has 5 nitrogen and oxygen atoms in total. The Balaban J connectivity index is 2.63. The Morgan fingerprint density at radius 1 is 1.47 bits per heavy atom. The quantitative estimate of drug-likeness (QED) is 0.776. The zero-order chi connectivity index (χ0) is 10.8. The molecule has 5 heteroatoms. The van der Waals surface area contributed by atoms with E-state index in [1.165, 1.54) is 12.3 Å². The van der Waals surface area contributed by atoms with Crippen LogP contribution in [-0.2, 0) is 6.54 Å². The van der Waals surface area contributed by atoms with E-state index in [0.717, 1.165) is 5.52 Å². The van der Waals surface area contributed by atoms with E-state index in [1.807, 2.05) is 0 Å². The number of carboxylic acids is 1. The highest BCUT2D eigenvalue weighted by atomic mass is 16.4. The summed E-state index contributed by atoms with van der Waals surface area (Å²) < 4.78 is 1.59. The number of nitrogens with zero attached hydrogens (tertiary/aromatic N) is 2. The van der Waals surface area contributed by atoms with Crippen LogP contribution in [-0.4, -0.2) is 32.6 Å². The van der Waals surface area contributed by atoms with Gasteiger partial charge in [0.15, 0.2) is 0 Å². The second-order valence-corrected chi connectivity index (χ2v) is 3.13. The first-order valence-corrected chi connectivity index (χ1v) is 4.52. The van der Waals surface area contributed by atoms with E-state index in [4.69, 9.17) is 10.2 Å². The van der Waals surface area contributed by atoms with Crippen LogP contribution in [0.15, 0.2) is 24.4 Å². The van der Waals surface area contributed by atoms with Crippen LogP contribution in [0.5, 0.6) is 0 Å². The molecule has 0 amide bonds. The number of aromatic nitrogens is 2. The maximum Gasteiger partial charge on any atom is 0.336 e. The summed E-state index contributed by atoms with van der Waals surface area (Å²) in [6.45, 7) is 0.348. The monoisotopic (exact) mass is 206 g/mol. The standard InChI is InChI=1S/C10H10N2O3/c13-5-4-12-9-3-1-2-7(10(14)15)8(9)6-11-12/h1-3,6,13H,4-5H2,(H,14,15). The summed E-state index contributed by atoms with van der Waals surface area (Å²) in [4.78, 5) is 10.9. The third kappa shape index (κ3) is 1.57. The minimum atomic E-state index is -0.968. The minimum Gasteiger partial charge on any atom is -0.478 e. The Morgan fingerprint density at radius 3 is 2.93 bits per heavy atom. The van der Waals surface area contributed by atoms with Gasteiger partial charge in [0.05, 0.1) is 30.4 Å². The van der Waals surface area contributed by atoms with Crippen LogP contribution < -0.4 is 0 Å². The van der Waals surface area contributed by atoms with Gasteiger partial charge >= 0.3 is 5.97 Å². The summed E-state index contributed by atoms with van der Waals surface area (Å²) >= 11 is 0. The predicted octanol–water partition coefficient (Wildman–Crippen LogP) is 0.727. The average molecular weight is 206 g/mol. The van der Waals surface area contributed by atoms with Gasteiger partial charge in [-0.3, -0.25) is 4.68 Å². The topological polar surface area (TPSA) is 75.3 Å². The second kappa shape index (κ2) is 3.70. The summed E-state index contributed by atoms with van der Waals surface area (Å²) in [6.07, 6.45) is 1.51. The van der Waals surface area contributed by atoms with Crippen molar-refractivity contribution in [3.63, 3.8) is 0 Å². The first-order valence-electron chi connectivity index (χ1n) is 4.52. The second-order valence-electron chi connectivity index (χ2n) is 3.13. The molecule has 1 aromatic heterocycles. The van der Waals surface area contributed by atoms with Gasteiger partial charge in [-0.2, -0.15) is 5.10 Å². The molecule has 0 fully saturated rings. The number of rotatable bonds is 3. The molecule has 2 rings (SSSR count). The molecule has 0 atom stereocenters. The molecule has 0 aliphatic heterocycles. The molecule has 1 aromatic carbocycles. The van der Waals surface area contributed by atoms with Crippen molar-refractivity contribution in [2.45, 2.75) is 6.54 Å². The van der Waals surface area contributed by atoms with Crippen LogP contribution in [0.3, 0.4) is 0 Å². The molecule has 2 aromatic rings. The normalized spacial score (nSPS) is 10.7. The Labute approximate surface area is 85.6 Å².